The summed E-state index contributed by atoms with van der Waals surface area (Å²) in [5, 5.41) is 12.3. The number of nitrogen functional groups attached to an aromatic ring is 1. The van der Waals surface area contributed by atoms with Gasteiger partial charge in [0.15, 0.2) is 0 Å². The second-order valence-electron chi connectivity index (χ2n) is 4.19. The molecule has 0 spiro atoms. The number of aromatic carboxylic acids is 1. The van der Waals surface area contributed by atoms with Gasteiger partial charge in [-0.3, -0.25) is 0 Å². The van der Waals surface area contributed by atoms with Crippen molar-refractivity contribution in [2.24, 2.45) is 0 Å². The summed E-state index contributed by atoms with van der Waals surface area (Å²) >= 11 is 3.39. The van der Waals surface area contributed by atoms with Gasteiger partial charge in [-0.25, -0.2) is 4.79 Å². The number of nitrogens with one attached hydrogen (secondary N) is 1. The monoisotopic (exact) mass is 320 g/mol. The Labute approximate surface area is 119 Å². The molecule has 0 amide bonds. The molecule has 5 heteroatoms. The number of benzene rings is 2. The molecule has 0 fully saturated rings. The van der Waals surface area contributed by atoms with Gasteiger partial charge < -0.3 is 16.2 Å². The molecule has 4 nitrogen and oxygen atoms in total. The fourth-order valence-corrected chi connectivity index (χ4v) is 2.09. The highest BCUT2D eigenvalue weighted by Gasteiger charge is 2.11. The Balaban J connectivity index is 2.45. The first-order valence-corrected chi connectivity index (χ1v) is 6.42. The van der Waals surface area contributed by atoms with Crippen LogP contribution < -0.4 is 11.1 Å². The Morgan fingerprint density at radius 2 is 1.95 bits per heavy atom. The highest BCUT2D eigenvalue weighted by atomic mass is 79.9. The number of carboxylic acid groups (broad SMARTS) is 1. The largest absolute Gasteiger partial charge is 0.478 e. The lowest BCUT2D eigenvalue weighted by Gasteiger charge is -2.13. The van der Waals surface area contributed by atoms with Crippen LogP contribution in [0.15, 0.2) is 40.9 Å². The molecule has 4 N–H and O–H groups in total. The van der Waals surface area contributed by atoms with E-state index in [2.05, 4.69) is 21.2 Å². The van der Waals surface area contributed by atoms with Crippen molar-refractivity contribution < 1.29 is 9.90 Å². The van der Waals surface area contributed by atoms with Gasteiger partial charge in [0.25, 0.3) is 0 Å². The topological polar surface area (TPSA) is 75.3 Å². The zero-order valence-corrected chi connectivity index (χ0v) is 11.9. The van der Waals surface area contributed by atoms with Gasteiger partial charge in [0.05, 0.1) is 11.3 Å². The van der Waals surface area contributed by atoms with Crippen LogP contribution in [0.5, 0.6) is 0 Å². The molecule has 0 unspecified atom stereocenters. The first-order valence-electron chi connectivity index (χ1n) is 5.63. The summed E-state index contributed by atoms with van der Waals surface area (Å²) in [5.41, 5.74) is 8.74. The van der Waals surface area contributed by atoms with Crippen LogP contribution in [0.2, 0.25) is 0 Å². The molecule has 0 heterocycles. The Morgan fingerprint density at radius 1 is 1.21 bits per heavy atom. The van der Waals surface area contributed by atoms with Crippen molar-refractivity contribution in [3.63, 3.8) is 0 Å². The van der Waals surface area contributed by atoms with E-state index in [9.17, 15) is 4.79 Å². The number of aryl methyl sites for hydroxylation is 1. The summed E-state index contributed by atoms with van der Waals surface area (Å²) in [6.45, 7) is 1.95. The predicted octanol–water partition coefficient (Wildman–Crippen LogP) is 3.78. The molecule has 19 heavy (non-hydrogen) atoms. The van der Waals surface area contributed by atoms with Crippen LogP contribution in [-0.4, -0.2) is 11.1 Å². The number of anilines is 3. The molecule has 0 atom stereocenters. The average molecular weight is 321 g/mol. The molecule has 98 valence electrons. The smallest absolute Gasteiger partial charge is 0.337 e. The molecule has 2 rings (SSSR count). The number of nitrogens with two attached hydrogens (primary N) is 1. The molecule has 2 aromatic carbocycles. The molecule has 0 aromatic heterocycles. The molecule has 0 aliphatic heterocycles. The van der Waals surface area contributed by atoms with Crippen molar-refractivity contribution in [2.45, 2.75) is 6.92 Å². The van der Waals surface area contributed by atoms with Gasteiger partial charge in [-0.1, -0.05) is 22.0 Å². The molecule has 0 bridgehead atoms. The SMILES string of the molecule is Cc1ccc(Br)cc1Nc1cc(N)ccc1C(=O)O. The minimum Gasteiger partial charge on any atom is -0.478 e. The fourth-order valence-electron chi connectivity index (χ4n) is 1.73. The maximum absolute atomic E-state index is 11.2. The second kappa shape index (κ2) is 5.32. The minimum absolute atomic E-state index is 0.188. The first-order chi connectivity index (χ1) is 8.97. The van der Waals surface area contributed by atoms with E-state index in [4.69, 9.17) is 10.8 Å². The van der Waals surface area contributed by atoms with Gasteiger partial charge in [0.1, 0.15) is 0 Å². The van der Waals surface area contributed by atoms with E-state index in [1.54, 1.807) is 12.1 Å². The van der Waals surface area contributed by atoms with E-state index in [-0.39, 0.29) is 5.56 Å². The van der Waals surface area contributed by atoms with Crippen molar-refractivity contribution in [2.75, 3.05) is 11.1 Å². The number of carboxylic acids is 1. The normalized spacial score (nSPS) is 10.2. The quantitative estimate of drug-likeness (QED) is 0.752. The first kappa shape index (κ1) is 13.4. The number of rotatable bonds is 3. The van der Waals surface area contributed by atoms with Crippen LogP contribution in [0.25, 0.3) is 0 Å². The summed E-state index contributed by atoms with van der Waals surface area (Å²) in [6, 6.07) is 10.4. The predicted molar refractivity (Wildman–Crippen MR) is 80.0 cm³/mol. The van der Waals surface area contributed by atoms with Crippen LogP contribution in [0.1, 0.15) is 15.9 Å². The summed E-state index contributed by atoms with van der Waals surface area (Å²) in [6.07, 6.45) is 0. The summed E-state index contributed by atoms with van der Waals surface area (Å²) < 4.78 is 0.918. The van der Waals surface area contributed by atoms with Crippen LogP contribution in [0.4, 0.5) is 17.1 Å². The van der Waals surface area contributed by atoms with Gasteiger partial charge in [0, 0.05) is 15.8 Å². The van der Waals surface area contributed by atoms with E-state index in [0.29, 0.717) is 11.4 Å². The fraction of sp³-hybridized carbons (Fsp3) is 0.0714. The van der Waals surface area contributed by atoms with Crippen molar-refractivity contribution in [1.29, 1.82) is 0 Å². The van der Waals surface area contributed by atoms with E-state index in [1.165, 1.54) is 6.07 Å². The Hall–Kier alpha value is -2.01. The van der Waals surface area contributed by atoms with Gasteiger partial charge >= 0.3 is 5.97 Å². The third kappa shape index (κ3) is 3.06. The average Bonchev–Trinajstić information content (AvgIpc) is 2.33. The zero-order chi connectivity index (χ0) is 14.0. The molecule has 0 saturated carbocycles. The highest BCUT2D eigenvalue weighted by Crippen LogP contribution is 2.27. The molecule has 0 radical (unpaired) electrons. The molecule has 0 saturated heterocycles. The van der Waals surface area contributed by atoms with Crippen molar-refractivity contribution in [3.8, 4) is 0 Å². The van der Waals surface area contributed by atoms with Gasteiger partial charge in [-0.15, -0.1) is 0 Å². The summed E-state index contributed by atoms with van der Waals surface area (Å²) in [4.78, 5) is 11.2. The molecule has 0 aliphatic rings. The van der Waals surface area contributed by atoms with Crippen LogP contribution in [0.3, 0.4) is 0 Å². The summed E-state index contributed by atoms with van der Waals surface area (Å²) in [5.74, 6) is -0.991. The highest BCUT2D eigenvalue weighted by molar-refractivity contribution is 9.10. The lowest BCUT2D eigenvalue weighted by Crippen LogP contribution is -2.04. The molecule has 2 aromatic rings. The maximum Gasteiger partial charge on any atom is 0.337 e. The number of halogens is 1. The molecular weight excluding hydrogens is 308 g/mol. The van der Waals surface area contributed by atoms with Crippen molar-refractivity contribution in [1.82, 2.24) is 0 Å². The van der Waals surface area contributed by atoms with E-state index in [0.717, 1.165) is 15.7 Å². The van der Waals surface area contributed by atoms with Crippen LogP contribution in [-0.2, 0) is 0 Å². The standard InChI is InChI=1S/C14H13BrN2O2/c1-8-2-3-9(15)6-12(8)17-13-7-10(16)4-5-11(13)14(18)19/h2-7,17H,16H2,1H3,(H,18,19). The number of hydrogen-bond acceptors (Lipinski definition) is 3. The third-order valence-corrected chi connectivity index (χ3v) is 3.24. The van der Waals surface area contributed by atoms with E-state index in [1.807, 2.05) is 25.1 Å². The van der Waals surface area contributed by atoms with Crippen LogP contribution in [0, 0.1) is 6.92 Å². The Bertz CT molecular complexity index is 641. The van der Waals surface area contributed by atoms with E-state index < -0.39 is 5.97 Å². The second-order valence-corrected chi connectivity index (χ2v) is 5.11. The lowest BCUT2D eigenvalue weighted by atomic mass is 10.1. The number of carbonyl (C=O) groups is 1. The van der Waals surface area contributed by atoms with Crippen molar-refractivity contribution in [3.05, 3.63) is 52.0 Å². The zero-order valence-electron chi connectivity index (χ0n) is 10.3. The van der Waals surface area contributed by atoms with Crippen LogP contribution >= 0.6 is 15.9 Å². The lowest BCUT2D eigenvalue weighted by molar-refractivity contribution is 0.0698. The maximum atomic E-state index is 11.2. The Morgan fingerprint density at radius 3 is 2.63 bits per heavy atom. The Kier molecular flexibility index (Phi) is 3.76. The minimum atomic E-state index is -0.991. The van der Waals surface area contributed by atoms with E-state index >= 15 is 0 Å². The van der Waals surface area contributed by atoms with Crippen molar-refractivity contribution >= 4 is 39.0 Å². The molecule has 0 aliphatic carbocycles. The molecular formula is C14H13BrN2O2. The van der Waals surface area contributed by atoms with Gasteiger partial charge in [0.2, 0.25) is 0 Å². The third-order valence-electron chi connectivity index (χ3n) is 2.74. The summed E-state index contributed by atoms with van der Waals surface area (Å²) in [7, 11) is 0. The van der Waals surface area contributed by atoms with Gasteiger partial charge in [-0.2, -0.15) is 0 Å². The number of hydrogen-bond donors (Lipinski definition) is 3. The van der Waals surface area contributed by atoms with Gasteiger partial charge in [-0.05, 0) is 42.8 Å².